The van der Waals surface area contributed by atoms with Crippen LogP contribution in [-0.2, 0) is 11.0 Å². The van der Waals surface area contributed by atoms with Crippen LogP contribution in [0.1, 0.15) is 40.0 Å². The van der Waals surface area contributed by atoms with E-state index in [2.05, 4.69) is 11.6 Å². The molecule has 0 bridgehead atoms. The van der Waals surface area contributed by atoms with Crippen molar-refractivity contribution in [3.63, 3.8) is 0 Å². The molecule has 0 radical (unpaired) electrons. The lowest BCUT2D eigenvalue weighted by Crippen LogP contribution is -2.47. The van der Waals surface area contributed by atoms with Gasteiger partial charge in [-0.05, 0) is 39.0 Å². The maximum absolute atomic E-state index is 11.8. The molecule has 0 heterocycles. The summed E-state index contributed by atoms with van der Waals surface area (Å²) in [6.07, 6.45) is 2.58. The molecule has 2 N–H and O–H groups in total. The highest BCUT2D eigenvalue weighted by atomic mass is 32.2. The Kier molecular flexibility index (Phi) is 4.20. The van der Waals surface area contributed by atoms with E-state index < -0.39 is 15.7 Å². The van der Waals surface area contributed by atoms with Crippen molar-refractivity contribution < 1.29 is 9.32 Å². The lowest BCUT2D eigenvalue weighted by Gasteiger charge is -2.33. The standard InChI is InChI=1S/C11H22NO2S/c1-8-9(6-5-7-10(8)13)12-15(14)11(2,3)4/h8-10,12-13H,2,5-7H2,1,3-4H3/q+1/t8-,9+,10-,15?/m1/s1. The van der Waals surface area contributed by atoms with Crippen LogP contribution in [0.5, 0.6) is 0 Å². The zero-order valence-corrected chi connectivity index (χ0v) is 10.6. The molecule has 0 amide bonds. The van der Waals surface area contributed by atoms with Gasteiger partial charge in [0.1, 0.15) is 11.0 Å². The van der Waals surface area contributed by atoms with Crippen LogP contribution in [0.25, 0.3) is 0 Å². The van der Waals surface area contributed by atoms with E-state index in [1.807, 2.05) is 20.8 Å². The second-order valence-electron chi connectivity index (χ2n) is 5.11. The van der Waals surface area contributed by atoms with E-state index in [4.69, 9.17) is 0 Å². The molecule has 0 saturated heterocycles. The molecular formula is C11H22NO2S+. The average Bonchev–Trinajstić information content (AvgIpc) is 2.11. The summed E-state index contributed by atoms with van der Waals surface area (Å²) in [6, 6.07) is 0.149. The Hall–Kier alpha value is -0.0600. The van der Waals surface area contributed by atoms with Crippen molar-refractivity contribution in [1.82, 2.24) is 4.72 Å². The van der Waals surface area contributed by atoms with Gasteiger partial charge in [-0.25, -0.2) is 8.93 Å². The van der Waals surface area contributed by atoms with E-state index in [-0.39, 0.29) is 18.1 Å². The number of rotatable bonds is 3. The van der Waals surface area contributed by atoms with E-state index in [0.717, 1.165) is 19.3 Å². The van der Waals surface area contributed by atoms with Crippen LogP contribution in [0, 0.1) is 12.8 Å². The highest BCUT2D eigenvalue weighted by Crippen LogP contribution is 2.25. The molecule has 1 unspecified atom stereocenters. The van der Waals surface area contributed by atoms with Crippen molar-refractivity contribution in [3.8, 4) is 0 Å². The van der Waals surface area contributed by atoms with Gasteiger partial charge in [0.15, 0.2) is 4.75 Å². The third kappa shape index (κ3) is 3.47. The van der Waals surface area contributed by atoms with Crippen molar-refractivity contribution in [2.45, 2.75) is 56.9 Å². The SMILES string of the molecule is [CH2+]C(C)(C)S(=O)N[C@H]1CCC[C@@H](O)[C@@H]1C. The van der Waals surface area contributed by atoms with Crippen molar-refractivity contribution in [2.24, 2.45) is 5.92 Å². The smallest absolute Gasteiger partial charge is 0.187 e. The maximum Gasteiger partial charge on any atom is 0.187 e. The van der Waals surface area contributed by atoms with Gasteiger partial charge in [-0.3, -0.25) is 0 Å². The van der Waals surface area contributed by atoms with Gasteiger partial charge in [-0.15, -0.1) is 0 Å². The first-order chi connectivity index (χ1) is 6.82. The third-order valence-corrected chi connectivity index (χ3v) is 4.54. The van der Waals surface area contributed by atoms with Gasteiger partial charge in [0.25, 0.3) is 0 Å². The first-order valence-electron chi connectivity index (χ1n) is 5.54. The molecule has 0 aromatic rings. The zero-order chi connectivity index (χ0) is 11.6. The molecule has 15 heavy (non-hydrogen) atoms. The Morgan fingerprint density at radius 1 is 1.47 bits per heavy atom. The Labute approximate surface area is 95.2 Å². The van der Waals surface area contributed by atoms with E-state index >= 15 is 0 Å². The van der Waals surface area contributed by atoms with E-state index in [1.54, 1.807) is 0 Å². The Morgan fingerprint density at radius 2 is 2.07 bits per heavy atom. The number of hydrogen-bond donors (Lipinski definition) is 2. The van der Waals surface area contributed by atoms with Crippen LogP contribution in [0.3, 0.4) is 0 Å². The molecule has 1 rings (SSSR count). The first kappa shape index (κ1) is 13.0. The highest BCUT2D eigenvalue weighted by Gasteiger charge is 2.34. The molecule has 88 valence electrons. The van der Waals surface area contributed by atoms with Gasteiger partial charge in [0.2, 0.25) is 0 Å². The molecule has 0 aliphatic heterocycles. The molecule has 0 aromatic carbocycles. The molecule has 1 aliphatic carbocycles. The van der Waals surface area contributed by atoms with E-state index in [9.17, 15) is 9.32 Å². The predicted octanol–water partition coefficient (Wildman–Crippen LogP) is 1.40. The highest BCUT2D eigenvalue weighted by molar-refractivity contribution is 7.84. The summed E-state index contributed by atoms with van der Waals surface area (Å²) < 4.78 is 14.4. The largest absolute Gasteiger partial charge is 0.393 e. The summed E-state index contributed by atoms with van der Waals surface area (Å²) in [5.41, 5.74) is 0. The van der Waals surface area contributed by atoms with Crippen molar-refractivity contribution >= 4 is 11.0 Å². The summed E-state index contributed by atoms with van der Waals surface area (Å²) in [5.74, 6) is 0.171. The van der Waals surface area contributed by atoms with Crippen LogP contribution >= 0.6 is 0 Å². The van der Waals surface area contributed by atoms with Gasteiger partial charge in [0.05, 0.1) is 13.0 Å². The van der Waals surface area contributed by atoms with Gasteiger partial charge in [-0.2, -0.15) is 0 Å². The van der Waals surface area contributed by atoms with Crippen molar-refractivity contribution in [2.75, 3.05) is 0 Å². The Bertz CT molecular complexity index is 237. The van der Waals surface area contributed by atoms with Crippen LogP contribution in [0.2, 0.25) is 0 Å². The van der Waals surface area contributed by atoms with E-state index in [0.29, 0.717) is 0 Å². The quantitative estimate of drug-likeness (QED) is 0.723. The molecule has 0 aromatic heterocycles. The fourth-order valence-corrected chi connectivity index (χ4v) is 2.73. The van der Waals surface area contributed by atoms with Crippen LogP contribution in [-0.4, -0.2) is 26.2 Å². The zero-order valence-electron chi connectivity index (χ0n) is 9.82. The number of aliphatic hydroxyl groups excluding tert-OH is 1. The normalized spacial score (nSPS) is 35.1. The summed E-state index contributed by atoms with van der Waals surface area (Å²) in [4.78, 5) is 0. The average molecular weight is 232 g/mol. The van der Waals surface area contributed by atoms with E-state index in [1.165, 1.54) is 0 Å². The first-order valence-corrected chi connectivity index (χ1v) is 6.69. The minimum atomic E-state index is -1.14. The summed E-state index contributed by atoms with van der Waals surface area (Å²) in [5, 5.41) is 9.71. The lowest BCUT2D eigenvalue weighted by atomic mass is 9.84. The monoisotopic (exact) mass is 232 g/mol. The lowest BCUT2D eigenvalue weighted by molar-refractivity contribution is 0.0633. The molecule has 1 saturated carbocycles. The fraction of sp³-hybridized carbons (Fsp3) is 0.909. The van der Waals surface area contributed by atoms with Gasteiger partial charge < -0.3 is 5.11 Å². The third-order valence-electron chi connectivity index (χ3n) is 3.02. The number of aliphatic hydroxyl groups is 1. The molecule has 3 nitrogen and oxygen atoms in total. The van der Waals surface area contributed by atoms with Crippen molar-refractivity contribution in [3.05, 3.63) is 6.92 Å². The van der Waals surface area contributed by atoms with Gasteiger partial charge in [0, 0.05) is 6.04 Å². The summed E-state index contributed by atoms with van der Waals surface area (Å²) >= 11 is 0. The minimum absolute atomic E-state index is 0.149. The number of nitrogens with one attached hydrogen (secondary N) is 1. The minimum Gasteiger partial charge on any atom is -0.393 e. The van der Waals surface area contributed by atoms with Gasteiger partial charge in [-0.1, -0.05) is 6.92 Å². The second-order valence-corrected chi connectivity index (χ2v) is 6.99. The topological polar surface area (TPSA) is 49.3 Å². The van der Waals surface area contributed by atoms with Crippen LogP contribution in [0.15, 0.2) is 0 Å². The Morgan fingerprint density at radius 3 is 2.60 bits per heavy atom. The molecule has 4 atom stereocenters. The molecule has 1 aliphatic rings. The molecular weight excluding hydrogens is 210 g/mol. The number of hydrogen-bond acceptors (Lipinski definition) is 2. The summed E-state index contributed by atoms with van der Waals surface area (Å²) in [6.45, 7) is 9.56. The Balaban J connectivity index is 2.54. The van der Waals surface area contributed by atoms with Crippen LogP contribution < -0.4 is 4.72 Å². The maximum atomic E-state index is 11.8. The fourth-order valence-electron chi connectivity index (χ4n) is 1.80. The second kappa shape index (κ2) is 4.85. The van der Waals surface area contributed by atoms with Crippen molar-refractivity contribution in [1.29, 1.82) is 0 Å². The molecule has 0 spiro atoms. The van der Waals surface area contributed by atoms with Gasteiger partial charge >= 0.3 is 0 Å². The molecule has 4 heteroatoms. The summed E-state index contributed by atoms with van der Waals surface area (Å²) in [7, 11) is -1.14. The van der Waals surface area contributed by atoms with Crippen LogP contribution in [0.4, 0.5) is 0 Å². The predicted molar refractivity (Wildman–Crippen MR) is 63.5 cm³/mol. The molecule has 1 fully saturated rings.